The van der Waals surface area contributed by atoms with Crippen molar-refractivity contribution in [3.05, 3.63) is 0 Å². The number of nitrogens with zero attached hydrogens (tertiary/aromatic N) is 1. The van der Waals surface area contributed by atoms with Crippen LogP contribution in [0.3, 0.4) is 0 Å². The topological polar surface area (TPSA) is 32.6 Å². The summed E-state index contributed by atoms with van der Waals surface area (Å²) in [6.45, 7) is 0. The van der Waals surface area contributed by atoms with Gasteiger partial charge in [0.1, 0.15) is 0 Å². The van der Waals surface area contributed by atoms with Crippen molar-refractivity contribution >= 4 is 18.0 Å². The quantitative estimate of drug-likeness (QED) is 0.273. The van der Waals surface area contributed by atoms with E-state index in [1.54, 1.807) is 0 Å². The number of unbranched alkanes of at least 4 members (excludes halogenated alkanes) is 1. The molecule has 1 N–H and O–H groups in total. The minimum absolute atomic E-state index is 0.886. The third-order valence-corrected chi connectivity index (χ3v) is 1.46. The summed E-state index contributed by atoms with van der Waals surface area (Å²) >= 11 is 1.81. The predicted molar refractivity (Wildman–Crippen MR) is 37.9 cm³/mol. The van der Waals surface area contributed by atoms with Gasteiger partial charge in [0.15, 0.2) is 0 Å². The molecular formula is C5H11NOS. The van der Waals surface area contributed by atoms with E-state index in [0.717, 1.165) is 18.6 Å². The lowest BCUT2D eigenvalue weighted by Crippen LogP contribution is -1.79. The van der Waals surface area contributed by atoms with Gasteiger partial charge in [0.25, 0.3) is 0 Å². The summed E-state index contributed by atoms with van der Waals surface area (Å²) in [5.41, 5.74) is 0. The second kappa shape index (κ2) is 6.82. The first-order valence-corrected chi connectivity index (χ1v) is 3.96. The summed E-state index contributed by atoms with van der Waals surface area (Å²) in [5.74, 6) is 1.14. The van der Waals surface area contributed by atoms with Gasteiger partial charge in [-0.1, -0.05) is 0 Å². The fraction of sp³-hybridized carbons (Fsp3) is 0.800. The third kappa shape index (κ3) is 5.82. The molecule has 0 spiro atoms. The summed E-state index contributed by atoms with van der Waals surface area (Å²) in [5, 5.41) is 10.8. The maximum absolute atomic E-state index is 7.93. The van der Waals surface area contributed by atoms with Crippen LogP contribution in [0.5, 0.6) is 0 Å². The molecule has 2 nitrogen and oxygen atoms in total. The molecule has 0 aromatic heterocycles. The molecule has 0 aliphatic rings. The first kappa shape index (κ1) is 7.82. The molecule has 0 fully saturated rings. The van der Waals surface area contributed by atoms with Crippen LogP contribution in [0.1, 0.15) is 12.8 Å². The number of rotatable bonds is 4. The highest BCUT2D eigenvalue weighted by Crippen LogP contribution is 1.96. The Labute approximate surface area is 54.0 Å². The Hall–Kier alpha value is -0.180. The molecule has 0 amide bonds. The van der Waals surface area contributed by atoms with Gasteiger partial charge in [-0.15, -0.1) is 5.16 Å². The zero-order chi connectivity index (χ0) is 6.24. The lowest BCUT2D eigenvalue weighted by Gasteiger charge is -1.87. The van der Waals surface area contributed by atoms with Gasteiger partial charge < -0.3 is 5.21 Å². The number of hydrogen-bond acceptors (Lipinski definition) is 3. The zero-order valence-electron chi connectivity index (χ0n) is 5.00. The molecule has 0 heterocycles. The fourth-order valence-corrected chi connectivity index (χ4v) is 0.832. The second-order valence-electron chi connectivity index (χ2n) is 1.43. The van der Waals surface area contributed by atoms with Gasteiger partial charge in [-0.2, -0.15) is 11.8 Å². The van der Waals surface area contributed by atoms with Crippen LogP contribution in [0, 0.1) is 0 Å². The SMILES string of the molecule is CSCCCC=NO. The molecule has 48 valence electrons. The predicted octanol–water partition coefficient (Wildman–Crippen LogP) is 1.59. The van der Waals surface area contributed by atoms with Crippen LogP contribution in [-0.2, 0) is 0 Å². The van der Waals surface area contributed by atoms with Crippen molar-refractivity contribution in [1.82, 2.24) is 0 Å². The summed E-state index contributed by atoms with van der Waals surface area (Å²) < 4.78 is 0. The summed E-state index contributed by atoms with van der Waals surface area (Å²) in [7, 11) is 0. The van der Waals surface area contributed by atoms with Crippen LogP contribution in [0.25, 0.3) is 0 Å². The first-order chi connectivity index (χ1) is 3.91. The maximum Gasteiger partial charge on any atom is 0.0436 e. The Bertz CT molecular complexity index is 65.4. The van der Waals surface area contributed by atoms with Crippen LogP contribution < -0.4 is 0 Å². The van der Waals surface area contributed by atoms with Gasteiger partial charge in [0, 0.05) is 6.21 Å². The number of hydrogen-bond donors (Lipinski definition) is 1. The summed E-state index contributed by atoms with van der Waals surface area (Å²) in [4.78, 5) is 0. The van der Waals surface area contributed by atoms with Gasteiger partial charge in [0.2, 0.25) is 0 Å². The minimum Gasteiger partial charge on any atom is -0.411 e. The Balaban J connectivity index is 2.72. The largest absolute Gasteiger partial charge is 0.411 e. The van der Waals surface area contributed by atoms with Crippen molar-refractivity contribution in [2.45, 2.75) is 12.8 Å². The van der Waals surface area contributed by atoms with Gasteiger partial charge in [-0.25, -0.2) is 0 Å². The Kier molecular flexibility index (Phi) is 6.67. The Morgan fingerprint density at radius 1 is 1.75 bits per heavy atom. The van der Waals surface area contributed by atoms with Crippen molar-refractivity contribution in [3.8, 4) is 0 Å². The zero-order valence-corrected chi connectivity index (χ0v) is 5.82. The number of thioether (sulfide) groups is 1. The van der Waals surface area contributed by atoms with Crippen molar-refractivity contribution in [1.29, 1.82) is 0 Å². The highest BCUT2D eigenvalue weighted by molar-refractivity contribution is 7.98. The molecule has 8 heavy (non-hydrogen) atoms. The molecule has 0 aromatic carbocycles. The normalized spacial score (nSPS) is 10.6. The molecule has 0 atom stereocenters. The van der Waals surface area contributed by atoms with E-state index in [-0.39, 0.29) is 0 Å². The van der Waals surface area contributed by atoms with Crippen molar-refractivity contribution in [3.63, 3.8) is 0 Å². The van der Waals surface area contributed by atoms with E-state index < -0.39 is 0 Å². The number of oxime groups is 1. The van der Waals surface area contributed by atoms with Crippen LogP contribution in [0.15, 0.2) is 5.16 Å². The van der Waals surface area contributed by atoms with E-state index >= 15 is 0 Å². The molecular weight excluding hydrogens is 122 g/mol. The van der Waals surface area contributed by atoms with Crippen molar-refractivity contribution in [2.75, 3.05) is 12.0 Å². The third-order valence-electron chi connectivity index (χ3n) is 0.763. The molecule has 0 aromatic rings. The smallest absolute Gasteiger partial charge is 0.0436 e. The second-order valence-corrected chi connectivity index (χ2v) is 2.42. The minimum atomic E-state index is 0.886. The molecule has 0 aliphatic heterocycles. The Morgan fingerprint density at radius 3 is 3.00 bits per heavy atom. The van der Waals surface area contributed by atoms with Crippen LogP contribution in [-0.4, -0.2) is 23.4 Å². The highest BCUT2D eigenvalue weighted by Gasteiger charge is 1.80. The van der Waals surface area contributed by atoms with Crippen molar-refractivity contribution in [2.24, 2.45) is 5.16 Å². The highest BCUT2D eigenvalue weighted by atomic mass is 32.2. The van der Waals surface area contributed by atoms with Gasteiger partial charge in [0.05, 0.1) is 0 Å². The van der Waals surface area contributed by atoms with E-state index in [1.165, 1.54) is 6.21 Å². The molecule has 0 saturated heterocycles. The summed E-state index contributed by atoms with van der Waals surface area (Å²) in [6, 6.07) is 0. The Morgan fingerprint density at radius 2 is 2.50 bits per heavy atom. The molecule has 0 radical (unpaired) electrons. The van der Waals surface area contributed by atoms with Crippen LogP contribution in [0.2, 0.25) is 0 Å². The molecule has 3 heteroatoms. The van der Waals surface area contributed by atoms with Gasteiger partial charge in [-0.05, 0) is 24.9 Å². The van der Waals surface area contributed by atoms with E-state index in [2.05, 4.69) is 11.4 Å². The van der Waals surface area contributed by atoms with E-state index in [0.29, 0.717) is 0 Å². The van der Waals surface area contributed by atoms with E-state index in [9.17, 15) is 0 Å². The van der Waals surface area contributed by atoms with Gasteiger partial charge in [-0.3, -0.25) is 0 Å². The average molecular weight is 133 g/mol. The lowest BCUT2D eigenvalue weighted by atomic mass is 10.4. The molecule has 0 saturated carbocycles. The summed E-state index contributed by atoms with van der Waals surface area (Å²) in [6.07, 6.45) is 5.58. The molecule has 0 bridgehead atoms. The van der Waals surface area contributed by atoms with Crippen molar-refractivity contribution < 1.29 is 5.21 Å². The molecule has 0 rings (SSSR count). The fourth-order valence-electron chi connectivity index (χ4n) is 0.377. The van der Waals surface area contributed by atoms with E-state index in [1.807, 2.05) is 11.8 Å². The maximum atomic E-state index is 7.93. The van der Waals surface area contributed by atoms with Crippen LogP contribution in [0.4, 0.5) is 0 Å². The monoisotopic (exact) mass is 133 g/mol. The molecule has 0 aliphatic carbocycles. The average Bonchev–Trinajstić information content (AvgIpc) is 1.81. The first-order valence-electron chi connectivity index (χ1n) is 2.56. The van der Waals surface area contributed by atoms with Gasteiger partial charge >= 0.3 is 0 Å². The standard InChI is InChI=1S/C5H11NOS/c1-8-5-3-2-4-6-7/h4,7H,2-3,5H2,1H3. The van der Waals surface area contributed by atoms with Crippen LogP contribution >= 0.6 is 11.8 Å². The van der Waals surface area contributed by atoms with E-state index in [4.69, 9.17) is 5.21 Å². The molecule has 0 unspecified atom stereocenters. The lowest BCUT2D eigenvalue weighted by molar-refractivity contribution is 0.320.